The zero-order valence-corrected chi connectivity index (χ0v) is 13.9. The van der Waals surface area contributed by atoms with Crippen LogP contribution in [0.2, 0.25) is 0 Å². The van der Waals surface area contributed by atoms with Crippen LogP contribution in [0.3, 0.4) is 0 Å². The summed E-state index contributed by atoms with van der Waals surface area (Å²) in [6.45, 7) is 3.65. The largest absolute Gasteiger partial charge is 0.416 e. The van der Waals surface area contributed by atoms with Crippen LogP contribution in [0.25, 0.3) is 0 Å². The van der Waals surface area contributed by atoms with Crippen LogP contribution in [0.15, 0.2) is 41.7 Å². The molecule has 1 aromatic heterocycles. The molecule has 0 saturated heterocycles. The van der Waals surface area contributed by atoms with Gasteiger partial charge in [-0.05, 0) is 37.6 Å². The van der Waals surface area contributed by atoms with Gasteiger partial charge in [-0.25, -0.2) is 9.97 Å². The van der Waals surface area contributed by atoms with E-state index in [1.54, 1.807) is 6.07 Å². The molecule has 4 nitrogen and oxygen atoms in total. The highest BCUT2D eigenvalue weighted by molar-refractivity contribution is 8.00. The number of aryl methyl sites for hydroxylation is 1. The lowest BCUT2D eigenvalue weighted by Crippen LogP contribution is -2.24. The van der Waals surface area contributed by atoms with Crippen molar-refractivity contribution in [2.45, 2.75) is 36.7 Å². The molecule has 0 bridgehead atoms. The van der Waals surface area contributed by atoms with Crippen LogP contribution in [-0.2, 0) is 11.0 Å². The Kier molecular flexibility index (Phi) is 5.82. The van der Waals surface area contributed by atoms with Gasteiger partial charge in [0.15, 0.2) is 0 Å². The molecule has 0 radical (unpaired) electrons. The Morgan fingerprint density at radius 1 is 1.29 bits per heavy atom. The third-order valence-electron chi connectivity index (χ3n) is 3.16. The number of aromatic nitrogens is 2. The summed E-state index contributed by atoms with van der Waals surface area (Å²) >= 11 is 1.25. The average Bonchev–Trinajstić information content (AvgIpc) is 2.52. The van der Waals surface area contributed by atoms with E-state index in [9.17, 15) is 18.0 Å². The number of anilines is 1. The highest BCUT2D eigenvalue weighted by atomic mass is 32.2. The van der Waals surface area contributed by atoms with E-state index in [2.05, 4.69) is 15.3 Å². The number of rotatable bonds is 5. The molecule has 0 spiro atoms. The van der Waals surface area contributed by atoms with Gasteiger partial charge in [0.05, 0.1) is 10.8 Å². The van der Waals surface area contributed by atoms with Crippen molar-refractivity contribution < 1.29 is 18.0 Å². The zero-order chi connectivity index (χ0) is 17.7. The second-order valence-corrected chi connectivity index (χ2v) is 6.30. The van der Waals surface area contributed by atoms with Gasteiger partial charge < -0.3 is 5.32 Å². The molecule has 128 valence electrons. The highest BCUT2D eigenvalue weighted by Crippen LogP contribution is 2.31. The first-order valence-corrected chi connectivity index (χ1v) is 8.11. The molecule has 0 aliphatic rings. The van der Waals surface area contributed by atoms with E-state index in [-0.39, 0.29) is 11.6 Å². The molecule has 1 atom stereocenters. The van der Waals surface area contributed by atoms with Crippen molar-refractivity contribution in [2.75, 3.05) is 5.32 Å². The molecule has 1 aromatic carbocycles. The lowest BCUT2D eigenvalue weighted by atomic mass is 10.2. The minimum atomic E-state index is -4.45. The van der Waals surface area contributed by atoms with Gasteiger partial charge in [0.25, 0.3) is 0 Å². The molecule has 0 aliphatic carbocycles. The van der Waals surface area contributed by atoms with E-state index in [0.717, 1.165) is 17.8 Å². The fourth-order valence-electron chi connectivity index (χ4n) is 1.96. The van der Waals surface area contributed by atoms with Crippen LogP contribution in [0.1, 0.15) is 24.6 Å². The van der Waals surface area contributed by atoms with Crippen molar-refractivity contribution >= 4 is 23.4 Å². The van der Waals surface area contributed by atoms with E-state index < -0.39 is 17.0 Å². The van der Waals surface area contributed by atoms with Crippen LogP contribution >= 0.6 is 11.8 Å². The molecule has 0 saturated carbocycles. The Labute approximate surface area is 141 Å². The van der Waals surface area contributed by atoms with E-state index in [1.807, 2.05) is 13.8 Å². The summed E-state index contributed by atoms with van der Waals surface area (Å²) in [6.07, 6.45) is -2.52. The summed E-state index contributed by atoms with van der Waals surface area (Å²) < 4.78 is 38.2. The number of nitrogens with one attached hydrogen (secondary N) is 1. The number of nitrogens with zero attached hydrogens (tertiary/aromatic N) is 2. The number of carbonyl (C=O) groups excluding carboxylic acids is 1. The molecule has 1 heterocycles. The Morgan fingerprint density at radius 2 is 2.04 bits per heavy atom. The Hall–Kier alpha value is -2.09. The van der Waals surface area contributed by atoms with Crippen molar-refractivity contribution in [1.82, 2.24) is 9.97 Å². The maximum Gasteiger partial charge on any atom is 0.416 e. The smallest absolute Gasteiger partial charge is 0.325 e. The summed E-state index contributed by atoms with van der Waals surface area (Å²) in [4.78, 5) is 20.4. The van der Waals surface area contributed by atoms with Crippen LogP contribution in [0.4, 0.5) is 18.9 Å². The van der Waals surface area contributed by atoms with Gasteiger partial charge in [-0.2, -0.15) is 13.2 Å². The monoisotopic (exact) mass is 355 g/mol. The van der Waals surface area contributed by atoms with Crippen LogP contribution in [0, 0.1) is 6.92 Å². The molecular weight excluding hydrogens is 339 g/mol. The first-order valence-electron chi connectivity index (χ1n) is 7.23. The predicted molar refractivity (Wildman–Crippen MR) is 86.8 cm³/mol. The molecule has 24 heavy (non-hydrogen) atoms. The summed E-state index contributed by atoms with van der Waals surface area (Å²) in [5.74, 6) is -0.363. The predicted octanol–water partition coefficient (Wildman–Crippen LogP) is 4.31. The van der Waals surface area contributed by atoms with Gasteiger partial charge in [-0.1, -0.05) is 24.8 Å². The van der Waals surface area contributed by atoms with E-state index >= 15 is 0 Å². The fraction of sp³-hybridized carbons (Fsp3) is 0.312. The third-order valence-corrected chi connectivity index (χ3v) is 4.46. The van der Waals surface area contributed by atoms with Crippen LogP contribution < -0.4 is 5.32 Å². The van der Waals surface area contributed by atoms with Crippen molar-refractivity contribution in [3.8, 4) is 0 Å². The van der Waals surface area contributed by atoms with Crippen LogP contribution in [-0.4, -0.2) is 21.1 Å². The van der Waals surface area contributed by atoms with Gasteiger partial charge in [0, 0.05) is 11.4 Å². The average molecular weight is 355 g/mol. The van der Waals surface area contributed by atoms with E-state index in [1.165, 1.54) is 30.2 Å². The van der Waals surface area contributed by atoms with Gasteiger partial charge in [-0.15, -0.1) is 0 Å². The highest BCUT2D eigenvalue weighted by Gasteiger charge is 2.30. The first-order chi connectivity index (χ1) is 11.3. The van der Waals surface area contributed by atoms with Gasteiger partial charge in [0.1, 0.15) is 11.4 Å². The van der Waals surface area contributed by atoms with Crippen molar-refractivity contribution in [2.24, 2.45) is 0 Å². The Balaban J connectivity index is 2.09. The van der Waals surface area contributed by atoms with Gasteiger partial charge >= 0.3 is 6.18 Å². The lowest BCUT2D eigenvalue weighted by molar-refractivity contribution is -0.137. The molecule has 2 rings (SSSR count). The second-order valence-electron chi connectivity index (χ2n) is 5.08. The molecule has 1 amide bonds. The number of benzene rings is 1. The van der Waals surface area contributed by atoms with Gasteiger partial charge in [-0.3, -0.25) is 4.79 Å². The number of alkyl halides is 3. The van der Waals surface area contributed by atoms with Gasteiger partial charge in [0.2, 0.25) is 5.91 Å². The Morgan fingerprint density at radius 3 is 2.67 bits per heavy atom. The molecule has 1 N–H and O–H groups in total. The topological polar surface area (TPSA) is 54.9 Å². The zero-order valence-electron chi connectivity index (χ0n) is 13.1. The van der Waals surface area contributed by atoms with Crippen LogP contribution in [0.5, 0.6) is 0 Å². The summed E-state index contributed by atoms with van der Waals surface area (Å²) in [5.41, 5.74) is 0.0980. The summed E-state index contributed by atoms with van der Waals surface area (Å²) in [5, 5.41) is 2.72. The Bertz CT molecular complexity index is 722. The maximum atomic E-state index is 12.7. The fourth-order valence-corrected chi connectivity index (χ4v) is 2.93. The maximum absolute atomic E-state index is 12.7. The lowest BCUT2D eigenvalue weighted by Gasteiger charge is -2.15. The third kappa shape index (κ3) is 4.95. The quantitative estimate of drug-likeness (QED) is 0.641. The number of hydrogen-bond donors (Lipinski definition) is 1. The van der Waals surface area contributed by atoms with Crippen molar-refractivity contribution in [3.05, 3.63) is 47.9 Å². The summed E-state index contributed by atoms with van der Waals surface area (Å²) in [6, 6.07) is 6.33. The SMILES string of the molecule is CCC(Sc1cc(C)ncn1)C(=O)Nc1cccc(C(F)(F)F)c1. The second kappa shape index (κ2) is 7.65. The number of thioether (sulfide) groups is 1. The molecule has 8 heteroatoms. The standard InChI is InChI=1S/C16H16F3N3OS/c1-3-13(24-14-7-10(2)20-9-21-14)15(23)22-12-6-4-5-11(8-12)16(17,18)19/h4-9,13H,3H2,1-2H3,(H,22,23). The normalized spacial score (nSPS) is 12.7. The number of halogens is 3. The molecule has 0 aliphatic heterocycles. The summed E-state index contributed by atoms with van der Waals surface area (Å²) in [7, 11) is 0. The molecule has 0 fully saturated rings. The van der Waals surface area contributed by atoms with Crippen molar-refractivity contribution in [3.63, 3.8) is 0 Å². The number of hydrogen-bond acceptors (Lipinski definition) is 4. The number of carbonyl (C=O) groups is 1. The molecule has 1 unspecified atom stereocenters. The van der Waals surface area contributed by atoms with Crippen molar-refractivity contribution in [1.29, 1.82) is 0 Å². The molecular formula is C16H16F3N3OS. The van der Waals surface area contributed by atoms with E-state index in [0.29, 0.717) is 11.4 Å². The first kappa shape index (κ1) is 18.3. The van der Waals surface area contributed by atoms with E-state index in [4.69, 9.17) is 0 Å². The number of amides is 1. The molecule has 2 aromatic rings. The minimum Gasteiger partial charge on any atom is -0.325 e. The minimum absolute atomic E-state index is 0.118.